The normalized spacial score (nSPS) is 23.7. The second kappa shape index (κ2) is 13.6. The molecule has 2 unspecified atom stereocenters. The van der Waals surface area contributed by atoms with E-state index in [2.05, 4.69) is 12.1 Å². The van der Waals surface area contributed by atoms with Crippen molar-refractivity contribution in [3.63, 3.8) is 0 Å². The van der Waals surface area contributed by atoms with E-state index in [9.17, 15) is 14.7 Å². The lowest BCUT2D eigenvalue weighted by molar-refractivity contribution is -0.101. The third-order valence-electron chi connectivity index (χ3n) is 9.45. The van der Waals surface area contributed by atoms with E-state index >= 15 is 0 Å². The van der Waals surface area contributed by atoms with Crippen LogP contribution in [0.5, 0.6) is 0 Å². The molecule has 9 heteroatoms. The fourth-order valence-corrected chi connectivity index (χ4v) is 6.90. The van der Waals surface area contributed by atoms with Crippen molar-refractivity contribution in [2.24, 2.45) is 5.92 Å². The molecule has 9 nitrogen and oxygen atoms in total. The monoisotopic (exact) mass is 628 g/mol. The molecule has 246 valence electrons. The zero-order valence-corrected chi connectivity index (χ0v) is 27.4. The number of benzene rings is 2. The van der Waals surface area contributed by atoms with Crippen LogP contribution < -0.4 is 0 Å². The summed E-state index contributed by atoms with van der Waals surface area (Å²) in [6, 6.07) is 19.4. The molecule has 2 aromatic carbocycles. The van der Waals surface area contributed by atoms with Crippen molar-refractivity contribution < 1.29 is 24.2 Å². The average molecular weight is 629 g/mol. The van der Waals surface area contributed by atoms with Gasteiger partial charge in [-0.15, -0.1) is 0 Å². The van der Waals surface area contributed by atoms with Crippen LogP contribution in [0, 0.1) is 5.92 Å². The van der Waals surface area contributed by atoms with Crippen molar-refractivity contribution >= 4 is 12.0 Å². The lowest BCUT2D eigenvalue weighted by Gasteiger charge is -2.42. The highest BCUT2D eigenvalue weighted by molar-refractivity contribution is 5.98. The minimum atomic E-state index is -1.05. The third-order valence-corrected chi connectivity index (χ3v) is 9.45. The van der Waals surface area contributed by atoms with Crippen LogP contribution in [0.2, 0.25) is 0 Å². The number of ether oxygens (including phenoxy) is 2. The van der Waals surface area contributed by atoms with Crippen molar-refractivity contribution in [1.29, 1.82) is 0 Å². The van der Waals surface area contributed by atoms with Gasteiger partial charge in [-0.05, 0) is 64.4 Å². The van der Waals surface area contributed by atoms with Gasteiger partial charge in [0.15, 0.2) is 5.69 Å². The lowest BCUT2D eigenvalue weighted by Crippen LogP contribution is -2.58. The summed E-state index contributed by atoms with van der Waals surface area (Å²) in [7, 11) is 0. The van der Waals surface area contributed by atoms with Gasteiger partial charge in [0.1, 0.15) is 11.2 Å². The van der Waals surface area contributed by atoms with Gasteiger partial charge in [-0.3, -0.25) is 4.79 Å². The van der Waals surface area contributed by atoms with Gasteiger partial charge < -0.3 is 28.9 Å². The molecule has 1 aromatic heterocycles. The molecule has 3 aliphatic rings. The van der Waals surface area contributed by atoms with Crippen molar-refractivity contribution in [2.45, 2.75) is 89.0 Å². The average Bonchev–Trinajstić information content (AvgIpc) is 3.76. The number of aliphatic hydroxyl groups is 1. The second-order valence-electron chi connectivity index (χ2n) is 14.3. The number of hydrogen-bond acceptors (Lipinski definition) is 6. The summed E-state index contributed by atoms with van der Waals surface area (Å²) >= 11 is 0. The number of piperazine rings is 1. The minimum Gasteiger partial charge on any atom is -0.444 e. The molecule has 0 radical (unpaired) electrons. The van der Waals surface area contributed by atoms with Crippen LogP contribution in [0.25, 0.3) is 11.3 Å². The smallest absolute Gasteiger partial charge is 0.410 e. The molecule has 1 N–H and O–H groups in total. The van der Waals surface area contributed by atoms with Crippen LogP contribution in [0.3, 0.4) is 0 Å². The molecule has 0 bridgehead atoms. The Hall–Kier alpha value is -3.69. The first-order valence-corrected chi connectivity index (χ1v) is 16.9. The van der Waals surface area contributed by atoms with Gasteiger partial charge >= 0.3 is 6.09 Å². The Morgan fingerprint density at radius 3 is 2.39 bits per heavy atom. The van der Waals surface area contributed by atoms with E-state index in [1.165, 1.54) is 12.8 Å². The molecule has 1 saturated heterocycles. The summed E-state index contributed by atoms with van der Waals surface area (Å²) in [5, 5.41) is 12.0. The number of carbonyl (C=O) groups is 2. The van der Waals surface area contributed by atoms with E-state index in [1.54, 1.807) is 11.2 Å². The summed E-state index contributed by atoms with van der Waals surface area (Å²) in [5.41, 5.74) is 1.38. The molecule has 3 fully saturated rings. The molecular formula is C37H48N4O5. The van der Waals surface area contributed by atoms with Gasteiger partial charge in [-0.1, -0.05) is 73.5 Å². The second-order valence-corrected chi connectivity index (χ2v) is 14.3. The number of rotatable bonds is 9. The molecule has 0 spiro atoms. The Morgan fingerprint density at radius 1 is 0.978 bits per heavy atom. The summed E-state index contributed by atoms with van der Waals surface area (Å²) in [5.74, 6) is 0.439. The predicted molar refractivity (Wildman–Crippen MR) is 176 cm³/mol. The molecule has 2 heterocycles. The highest BCUT2D eigenvalue weighted by atomic mass is 16.6. The van der Waals surface area contributed by atoms with Crippen LogP contribution >= 0.6 is 0 Å². The fourth-order valence-electron chi connectivity index (χ4n) is 6.90. The molecule has 6 rings (SSSR count). The van der Waals surface area contributed by atoms with Gasteiger partial charge in [-0.2, -0.15) is 0 Å². The SMILES string of the molecule is CC(C)(C)OC(=O)N1CCN(C(=O)c2ncn(C3CCCCC3(O)COCC3CC3)c2-c2ccccc2)[C@H](Cc2ccccc2)C1. The third kappa shape index (κ3) is 7.47. The number of aromatic nitrogens is 2. The minimum absolute atomic E-state index is 0.174. The van der Waals surface area contributed by atoms with Gasteiger partial charge in [-0.25, -0.2) is 9.78 Å². The van der Waals surface area contributed by atoms with Crippen molar-refractivity contribution in [1.82, 2.24) is 19.4 Å². The lowest BCUT2D eigenvalue weighted by atomic mass is 9.80. The molecule has 2 saturated carbocycles. The maximum atomic E-state index is 14.6. The summed E-state index contributed by atoms with van der Waals surface area (Å²) in [4.78, 5) is 36.1. The van der Waals surface area contributed by atoms with Crippen LogP contribution in [0.4, 0.5) is 4.79 Å². The topological polar surface area (TPSA) is 97.1 Å². The standard InChI is InChI=1S/C37H48N4O5/c1-36(2,3)46-35(43)39-20-21-40(30(23-39)22-27-12-6-4-7-13-27)34(42)32-33(29-14-8-5-9-15-29)41(26-38-32)31-16-10-11-19-37(31,44)25-45-24-28-17-18-28/h4-9,12-15,26,28,30-31,44H,10-11,16-25H2,1-3H3/t30-,31?,37?/m1/s1. The van der Waals surface area contributed by atoms with E-state index in [1.807, 2.05) is 78.8 Å². The van der Waals surface area contributed by atoms with Crippen LogP contribution in [-0.4, -0.2) is 86.5 Å². The molecule has 3 atom stereocenters. The maximum absolute atomic E-state index is 14.6. The Morgan fingerprint density at radius 2 is 1.70 bits per heavy atom. The Kier molecular flexibility index (Phi) is 9.52. The van der Waals surface area contributed by atoms with E-state index in [-0.39, 0.29) is 30.7 Å². The number of nitrogens with zero attached hydrogens (tertiary/aromatic N) is 4. The van der Waals surface area contributed by atoms with Gasteiger partial charge in [0, 0.05) is 31.8 Å². The molecule has 2 amide bonds. The van der Waals surface area contributed by atoms with E-state index < -0.39 is 11.2 Å². The zero-order valence-electron chi connectivity index (χ0n) is 27.4. The van der Waals surface area contributed by atoms with E-state index in [0.717, 1.165) is 30.4 Å². The van der Waals surface area contributed by atoms with E-state index in [4.69, 9.17) is 14.5 Å². The Balaban J connectivity index is 1.32. The maximum Gasteiger partial charge on any atom is 0.410 e. The fraction of sp³-hybridized carbons (Fsp3) is 0.541. The number of carbonyl (C=O) groups excluding carboxylic acids is 2. The van der Waals surface area contributed by atoms with Gasteiger partial charge in [0.25, 0.3) is 5.91 Å². The van der Waals surface area contributed by atoms with Crippen molar-refractivity contribution in [3.05, 3.63) is 78.2 Å². The largest absolute Gasteiger partial charge is 0.444 e. The van der Waals surface area contributed by atoms with Crippen LogP contribution in [0.1, 0.15) is 81.4 Å². The van der Waals surface area contributed by atoms with Crippen LogP contribution in [-0.2, 0) is 15.9 Å². The molecular weight excluding hydrogens is 580 g/mol. The van der Waals surface area contributed by atoms with Crippen molar-refractivity contribution in [3.8, 4) is 11.3 Å². The van der Waals surface area contributed by atoms with Crippen LogP contribution in [0.15, 0.2) is 67.0 Å². The summed E-state index contributed by atoms with van der Waals surface area (Å²) in [6.07, 6.45) is 7.69. The highest BCUT2D eigenvalue weighted by Crippen LogP contribution is 2.42. The number of imidazole rings is 1. The highest BCUT2D eigenvalue weighted by Gasteiger charge is 2.43. The number of amides is 2. The quantitative estimate of drug-likeness (QED) is 0.307. The first-order chi connectivity index (χ1) is 22.1. The zero-order chi connectivity index (χ0) is 32.3. The molecule has 3 aromatic rings. The molecule has 1 aliphatic heterocycles. The summed E-state index contributed by atoms with van der Waals surface area (Å²) < 4.78 is 13.8. The first-order valence-electron chi connectivity index (χ1n) is 16.9. The number of hydrogen-bond donors (Lipinski definition) is 1. The predicted octanol–water partition coefficient (Wildman–Crippen LogP) is 6.13. The molecule has 46 heavy (non-hydrogen) atoms. The Bertz CT molecular complexity index is 1480. The van der Waals surface area contributed by atoms with Crippen molar-refractivity contribution in [2.75, 3.05) is 32.8 Å². The van der Waals surface area contributed by atoms with E-state index in [0.29, 0.717) is 56.4 Å². The Labute approximate surface area is 272 Å². The summed E-state index contributed by atoms with van der Waals surface area (Å²) in [6.45, 7) is 7.63. The van der Waals surface area contributed by atoms with Gasteiger partial charge in [0.05, 0.1) is 30.7 Å². The molecule has 2 aliphatic carbocycles. The van der Waals surface area contributed by atoms with Gasteiger partial charge in [0.2, 0.25) is 0 Å². The first kappa shape index (κ1) is 32.3.